The molecule has 1 atom stereocenters. The molecule has 7 heteroatoms. The summed E-state index contributed by atoms with van der Waals surface area (Å²) < 4.78 is 1.16. The molecule has 2 N–H and O–H groups in total. The molecule has 0 aliphatic carbocycles. The van der Waals surface area contributed by atoms with Crippen LogP contribution in [0.3, 0.4) is 0 Å². The van der Waals surface area contributed by atoms with Gasteiger partial charge in [-0.3, -0.25) is 14.2 Å². The van der Waals surface area contributed by atoms with Crippen LogP contribution in [0, 0.1) is 0 Å². The minimum absolute atomic E-state index is 0.245. The number of rotatable bonds is 7. The quantitative estimate of drug-likeness (QED) is 0.740. The lowest BCUT2D eigenvalue weighted by Gasteiger charge is -2.14. The molecule has 0 fully saturated rings. The smallest absolute Gasteiger partial charge is 0.326 e. The van der Waals surface area contributed by atoms with Crippen molar-refractivity contribution >= 4 is 22.8 Å². The van der Waals surface area contributed by atoms with Crippen LogP contribution in [0.25, 0.3) is 10.9 Å². The lowest BCUT2D eigenvalue weighted by molar-refractivity contribution is -0.142. The number of benzene rings is 1. The normalized spacial score (nSPS) is 11.8. The molecule has 1 aromatic heterocycles. The zero-order chi connectivity index (χ0) is 16.8. The van der Waals surface area contributed by atoms with E-state index in [9.17, 15) is 14.4 Å². The molecular formula is C16H17N3O4. The number of fused-ring (bicyclic) bond motifs is 1. The number of carboxylic acid groups (broad SMARTS) is 1. The topological polar surface area (TPSA) is 101 Å². The monoisotopic (exact) mass is 315 g/mol. The zero-order valence-corrected chi connectivity index (χ0v) is 12.4. The Bertz CT molecular complexity index is 797. The molecule has 0 aliphatic heterocycles. The van der Waals surface area contributed by atoms with Crippen LogP contribution < -0.4 is 10.9 Å². The minimum atomic E-state index is -1.12. The number of aromatic nitrogens is 2. The maximum absolute atomic E-state index is 12.3. The van der Waals surface area contributed by atoms with Gasteiger partial charge in [-0.05, 0) is 25.0 Å². The molecule has 2 rings (SSSR count). The summed E-state index contributed by atoms with van der Waals surface area (Å²) in [5.74, 6) is -1.68. The number of carboxylic acids is 1. The zero-order valence-electron chi connectivity index (χ0n) is 12.4. The van der Waals surface area contributed by atoms with Gasteiger partial charge in [-0.25, -0.2) is 9.78 Å². The summed E-state index contributed by atoms with van der Waals surface area (Å²) in [6.45, 7) is 3.24. The summed E-state index contributed by atoms with van der Waals surface area (Å²) in [6.07, 6.45) is 3.58. The van der Waals surface area contributed by atoms with Gasteiger partial charge in [0.2, 0.25) is 5.91 Å². The molecule has 7 nitrogen and oxygen atoms in total. The summed E-state index contributed by atoms with van der Waals surface area (Å²) in [4.78, 5) is 39.5. The second kappa shape index (κ2) is 7.35. The van der Waals surface area contributed by atoms with Crippen molar-refractivity contribution in [1.29, 1.82) is 0 Å². The number of aliphatic carboxylic acids is 1. The number of carbonyl (C=O) groups is 2. The summed E-state index contributed by atoms with van der Waals surface area (Å²) in [7, 11) is 0. The lowest BCUT2D eigenvalue weighted by atomic mass is 10.1. The van der Waals surface area contributed by atoms with E-state index in [4.69, 9.17) is 5.11 Å². The van der Waals surface area contributed by atoms with Gasteiger partial charge < -0.3 is 10.4 Å². The van der Waals surface area contributed by atoms with Crippen LogP contribution in [0.2, 0.25) is 0 Å². The van der Waals surface area contributed by atoms with Crippen LogP contribution in [-0.4, -0.2) is 32.6 Å². The molecule has 1 unspecified atom stereocenters. The Morgan fingerprint density at radius 3 is 2.83 bits per heavy atom. The Morgan fingerprint density at radius 2 is 2.13 bits per heavy atom. The molecular weight excluding hydrogens is 298 g/mol. The molecule has 1 aromatic carbocycles. The Labute approximate surface area is 132 Å². The lowest BCUT2D eigenvalue weighted by Crippen LogP contribution is -2.43. The van der Waals surface area contributed by atoms with E-state index in [1.807, 2.05) is 0 Å². The van der Waals surface area contributed by atoms with Gasteiger partial charge in [-0.2, -0.15) is 0 Å². The molecule has 1 amide bonds. The SMILES string of the molecule is C=CCCC(NC(=O)Cn1cnc2ccccc2c1=O)C(=O)O. The average molecular weight is 315 g/mol. The van der Waals surface area contributed by atoms with Crippen LogP contribution in [-0.2, 0) is 16.1 Å². The van der Waals surface area contributed by atoms with Crippen molar-refractivity contribution in [2.45, 2.75) is 25.4 Å². The van der Waals surface area contributed by atoms with Crippen LogP contribution in [0.15, 0.2) is 48.0 Å². The van der Waals surface area contributed by atoms with E-state index >= 15 is 0 Å². The number of nitrogens with zero attached hydrogens (tertiary/aromatic N) is 2. The van der Waals surface area contributed by atoms with Crippen LogP contribution >= 0.6 is 0 Å². The van der Waals surface area contributed by atoms with E-state index in [-0.39, 0.29) is 18.5 Å². The number of amides is 1. The second-order valence-corrected chi connectivity index (χ2v) is 5.02. The Morgan fingerprint density at radius 1 is 1.39 bits per heavy atom. The van der Waals surface area contributed by atoms with Crippen molar-refractivity contribution in [3.63, 3.8) is 0 Å². The molecule has 0 spiro atoms. The maximum Gasteiger partial charge on any atom is 0.326 e. The van der Waals surface area contributed by atoms with Crippen molar-refractivity contribution < 1.29 is 14.7 Å². The summed E-state index contributed by atoms with van der Waals surface area (Å²) in [6, 6.07) is 5.80. The third-order valence-electron chi connectivity index (χ3n) is 3.34. The highest BCUT2D eigenvalue weighted by Crippen LogP contribution is 2.04. The van der Waals surface area contributed by atoms with E-state index < -0.39 is 17.9 Å². The van der Waals surface area contributed by atoms with Crippen molar-refractivity contribution in [3.05, 3.63) is 53.6 Å². The molecule has 2 aromatic rings. The highest BCUT2D eigenvalue weighted by atomic mass is 16.4. The third kappa shape index (κ3) is 4.03. The van der Waals surface area contributed by atoms with Crippen LogP contribution in [0.1, 0.15) is 12.8 Å². The predicted octanol–water partition coefficient (Wildman–Crippen LogP) is 0.932. The number of hydrogen-bond donors (Lipinski definition) is 2. The average Bonchev–Trinajstić information content (AvgIpc) is 2.54. The van der Waals surface area contributed by atoms with Gasteiger partial charge >= 0.3 is 5.97 Å². The fourth-order valence-electron chi connectivity index (χ4n) is 2.16. The van der Waals surface area contributed by atoms with Crippen molar-refractivity contribution in [2.24, 2.45) is 0 Å². The van der Waals surface area contributed by atoms with Crippen LogP contribution in [0.4, 0.5) is 0 Å². The van der Waals surface area contributed by atoms with Gasteiger partial charge in [0.1, 0.15) is 12.6 Å². The first-order chi connectivity index (χ1) is 11.0. The summed E-state index contributed by atoms with van der Waals surface area (Å²) in [5, 5.41) is 11.9. The second-order valence-electron chi connectivity index (χ2n) is 5.02. The standard InChI is InChI=1S/C16H17N3O4/c1-2-3-7-13(16(22)23)18-14(20)9-19-10-17-12-8-5-4-6-11(12)15(19)21/h2,4-6,8,10,13H,1,3,7,9H2,(H,18,20)(H,22,23). The van der Waals surface area contributed by atoms with Gasteiger partial charge in [0, 0.05) is 0 Å². The molecule has 0 saturated carbocycles. The fraction of sp³-hybridized carbons (Fsp3) is 0.250. The number of allylic oxidation sites excluding steroid dienone is 1. The Kier molecular flexibility index (Phi) is 5.24. The van der Waals surface area contributed by atoms with Crippen molar-refractivity contribution in [2.75, 3.05) is 0 Å². The molecule has 0 saturated heterocycles. The largest absolute Gasteiger partial charge is 0.480 e. The Hall–Kier alpha value is -2.96. The van der Waals surface area contributed by atoms with Gasteiger partial charge in [0.25, 0.3) is 5.56 Å². The number of hydrogen-bond acceptors (Lipinski definition) is 4. The first-order valence-electron chi connectivity index (χ1n) is 7.10. The summed E-state index contributed by atoms with van der Waals surface area (Å²) in [5.41, 5.74) is 0.201. The summed E-state index contributed by atoms with van der Waals surface area (Å²) >= 11 is 0. The third-order valence-corrected chi connectivity index (χ3v) is 3.34. The van der Waals surface area contributed by atoms with Gasteiger partial charge in [0.05, 0.1) is 17.2 Å². The Balaban J connectivity index is 2.13. The fourth-order valence-corrected chi connectivity index (χ4v) is 2.16. The van der Waals surface area contributed by atoms with Crippen LogP contribution in [0.5, 0.6) is 0 Å². The highest BCUT2D eigenvalue weighted by molar-refractivity contribution is 5.83. The van der Waals surface area contributed by atoms with E-state index in [0.29, 0.717) is 17.3 Å². The number of para-hydroxylation sites is 1. The van der Waals surface area contributed by atoms with Gasteiger partial charge in [-0.1, -0.05) is 18.2 Å². The minimum Gasteiger partial charge on any atom is -0.480 e. The number of carbonyl (C=O) groups excluding carboxylic acids is 1. The molecule has 0 bridgehead atoms. The first kappa shape index (κ1) is 16.4. The molecule has 1 heterocycles. The van der Waals surface area contributed by atoms with E-state index in [1.54, 1.807) is 30.3 Å². The van der Waals surface area contributed by atoms with E-state index in [0.717, 1.165) is 4.57 Å². The molecule has 0 aliphatic rings. The van der Waals surface area contributed by atoms with Gasteiger partial charge in [-0.15, -0.1) is 6.58 Å². The maximum atomic E-state index is 12.3. The molecule has 0 radical (unpaired) electrons. The first-order valence-corrected chi connectivity index (χ1v) is 7.10. The number of nitrogens with one attached hydrogen (secondary N) is 1. The molecule has 120 valence electrons. The highest BCUT2D eigenvalue weighted by Gasteiger charge is 2.19. The van der Waals surface area contributed by atoms with E-state index in [2.05, 4.69) is 16.9 Å². The van der Waals surface area contributed by atoms with E-state index in [1.165, 1.54) is 6.33 Å². The van der Waals surface area contributed by atoms with Crippen molar-refractivity contribution in [3.8, 4) is 0 Å². The van der Waals surface area contributed by atoms with Crippen molar-refractivity contribution in [1.82, 2.24) is 14.9 Å². The van der Waals surface area contributed by atoms with Gasteiger partial charge in [0.15, 0.2) is 0 Å². The molecule has 23 heavy (non-hydrogen) atoms. The predicted molar refractivity (Wildman–Crippen MR) is 85.0 cm³/mol.